The van der Waals surface area contributed by atoms with Crippen LogP contribution in [0.1, 0.15) is 51.1 Å². The monoisotopic (exact) mass is 488 g/mol. The van der Waals surface area contributed by atoms with Crippen molar-refractivity contribution in [2.24, 2.45) is 7.05 Å². The van der Waals surface area contributed by atoms with Crippen molar-refractivity contribution in [1.29, 1.82) is 0 Å². The molecule has 1 fully saturated rings. The van der Waals surface area contributed by atoms with Crippen LogP contribution in [0.3, 0.4) is 0 Å². The van der Waals surface area contributed by atoms with Gasteiger partial charge in [-0.25, -0.2) is 9.67 Å². The van der Waals surface area contributed by atoms with Crippen LogP contribution in [0.4, 0.5) is 14.5 Å². The highest BCUT2D eigenvalue weighted by Crippen LogP contribution is 2.35. The lowest BCUT2D eigenvalue weighted by Crippen LogP contribution is -2.44. The second-order valence-corrected chi connectivity index (χ2v) is 9.25. The zero-order valence-corrected chi connectivity index (χ0v) is 20.9. The number of likely N-dealkylation sites (N-methyl/N-ethyl adjacent to an activating group) is 1. The molecule has 0 saturated carbocycles. The minimum Gasteiger partial charge on any atom is -0.434 e. The number of hydrogen-bond donors (Lipinski definition) is 1. The van der Waals surface area contributed by atoms with Gasteiger partial charge in [0, 0.05) is 50.9 Å². The molecule has 10 heteroatoms. The minimum atomic E-state index is -3.00. The number of alkyl halides is 2. The van der Waals surface area contributed by atoms with E-state index in [0.717, 1.165) is 63.2 Å². The number of nitrogens with one attached hydrogen (secondary N) is 1. The molecular weight excluding hydrogens is 454 g/mol. The second-order valence-electron chi connectivity index (χ2n) is 9.25. The molecule has 0 unspecified atom stereocenters. The third-order valence-corrected chi connectivity index (χ3v) is 6.69. The zero-order chi connectivity index (χ0) is 25.1. The Balaban J connectivity index is 1.78. The molecule has 3 aromatic rings. The summed E-state index contributed by atoms with van der Waals surface area (Å²) < 4.78 is 33.1. The average molecular weight is 489 g/mol. The van der Waals surface area contributed by atoms with Gasteiger partial charge in [0.2, 0.25) is 0 Å². The summed E-state index contributed by atoms with van der Waals surface area (Å²) in [6.07, 6.45) is 3.84. The van der Waals surface area contributed by atoms with Crippen LogP contribution in [0.15, 0.2) is 23.0 Å². The fraction of sp³-hybridized carbons (Fsp3) is 0.560. The number of aryl methyl sites for hydroxylation is 1. The highest BCUT2D eigenvalue weighted by atomic mass is 19.3. The Morgan fingerprint density at radius 2 is 1.77 bits per heavy atom. The van der Waals surface area contributed by atoms with Gasteiger partial charge in [0.25, 0.3) is 5.56 Å². The lowest BCUT2D eigenvalue weighted by atomic mass is 9.93. The second kappa shape index (κ2) is 10.7. The van der Waals surface area contributed by atoms with E-state index in [4.69, 9.17) is 4.74 Å². The molecule has 1 aliphatic rings. The molecular formula is C25H34F2N6O2. The van der Waals surface area contributed by atoms with Crippen molar-refractivity contribution in [3.63, 3.8) is 0 Å². The van der Waals surface area contributed by atoms with Gasteiger partial charge in [-0.05, 0) is 32.0 Å². The highest BCUT2D eigenvalue weighted by Gasteiger charge is 2.24. The third-order valence-electron chi connectivity index (χ3n) is 6.69. The number of rotatable bonds is 9. The van der Waals surface area contributed by atoms with Crippen molar-refractivity contribution >= 4 is 16.7 Å². The number of anilines is 1. The summed E-state index contributed by atoms with van der Waals surface area (Å²) in [5, 5.41) is 5.11. The molecule has 4 rings (SSSR count). The lowest BCUT2D eigenvalue weighted by molar-refractivity contribution is -0.0494. The van der Waals surface area contributed by atoms with E-state index in [1.54, 1.807) is 23.9 Å². The van der Waals surface area contributed by atoms with Gasteiger partial charge in [-0.2, -0.15) is 13.9 Å². The fourth-order valence-corrected chi connectivity index (χ4v) is 4.87. The standard InChI is InChI=1S/C25H34F2N6O2/c1-5-7-16(8-6-2)21-20-23(32(4)30-21)28-22(29-24(20)34)18-10-9-17(15-19(18)35-25(26)27)33-13-11-31(3)12-14-33/h9-10,15-16,25H,5-8,11-14H2,1-4H3,(H,28,29,34). The Kier molecular flexibility index (Phi) is 7.69. The first-order chi connectivity index (χ1) is 16.8. The minimum absolute atomic E-state index is 0.0174. The van der Waals surface area contributed by atoms with E-state index in [0.29, 0.717) is 16.6 Å². The molecule has 190 valence electrons. The Morgan fingerprint density at radius 1 is 1.09 bits per heavy atom. The first kappa shape index (κ1) is 25.1. The number of halogens is 2. The van der Waals surface area contributed by atoms with Crippen LogP contribution in [0, 0.1) is 0 Å². The van der Waals surface area contributed by atoms with E-state index in [9.17, 15) is 13.6 Å². The molecule has 1 aromatic carbocycles. The molecule has 3 heterocycles. The smallest absolute Gasteiger partial charge is 0.387 e. The molecule has 8 nitrogen and oxygen atoms in total. The summed E-state index contributed by atoms with van der Waals surface area (Å²) in [6.45, 7) is 4.59. The van der Waals surface area contributed by atoms with Gasteiger partial charge < -0.3 is 19.5 Å². The number of aromatic nitrogens is 4. The molecule has 0 radical (unpaired) electrons. The quantitative estimate of drug-likeness (QED) is 0.482. The average Bonchev–Trinajstić information content (AvgIpc) is 3.16. The molecule has 0 spiro atoms. The number of H-pyrrole nitrogens is 1. The van der Waals surface area contributed by atoms with Gasteiger partial charge >= 0.3 is 6.61 Å². The van der Waals surface area contributed by atoms with Crippen LogP contribution in [-0.4, -0.2) is 64.5 Å². The van der Waals surface area contributed by atoms with E-state index in [1.807, 2.05) is 6.07 Å². The van der Waals surface area contributed by atoms with Crippen molar-refractivity contribution in [3.05, 3.63) is 34.2 Å². The van der Waals surface area contributed by atoms with E-state index in [2.05, 4.69) is 45.8 Å². The number of fused-ring (bicyclic) bond motifs is 1. The van der Waals surface area contributed by atoms with Crippen molar-refractivity contribution in [2.45, 2.75) is 52.1 Å². The Morgan fingerprint density at radius 3 is 2.40 bits per heavy atom. The number of aromatic amines is 1. The van der Waals surface area contributed by atoms with E-state index in [1.165, 1.54) is 0 Å². The highest BCUT2D eigenvalue weighted by molar-refractivity contribution is 5.81. The van der Waals surface area contributed by atoms with E-state index >= 15 is 0 Å². The molecule has 0 atom stereocenters. The molecule has 1 N–H and O–H groups in total. The number of hydrogen-bond acceptors (Lipinski definition) is 6. The summed E-state index contributed by atoms with van der Waals surface area (Å²) in [4.78, 5) is 25.1. The van der Waals surface area contributed by atoms with Gasteiger partial charge in [-0.3, -0.25) is 4.79 Å². The molecule has 0 amide bonds. The predicted octanol–water partition coefficient (Wildman–Crippen LogP) is 4.36. The Labute approximate surface area is 203 Å². The zero-order valence-electron chi connectivity index (χ0n) is 20.9. The summed E-state index contributed by atoms with van der Waals surface area (Å²) in [7, 11) is 3.81. The summed E-state index contributed by atoms with van der Waals surface area (Å²) in [5.74, 6) is 0.333. The third kappa shape index (κ3) is 5.32. The SMILES string of the molecule is CCCC(CCC)c1nn(C)c2nc(-c3ccc(N4CCN(C)CC4)cc3OC(F)F)[nH]c(=O)c12. The van der Waals surface area contributed by atoms with Gasteiger partial charge in [0.1, 0.15) is 17.0 Å². The molecule has 0 aliphatic carbocycles. The van der Waals surface area contributed by atoms with Gasteiger partial charge in [0.15, 0.2) is 5.65 Å². The number of nitrogens with zero attached hydrogens (tertiary/aromatic N) is 5. The van der Waals surface area contributed by atoms with Crippen LogP contribution in [0.2, 0.25) is 0 Å². The van der Waals surface area contributed by atoms with Crippen molar-refractivity contribution in [3.8, 4) is 17.1 Å². The maximum Gasteiger partial charge on any atom is 0.387 e. The predicted molar refractivity (Wildman–Crippen MR) is 133 cm³/mol. The van der Waals surface area contributed by atoms with Gasteiger partial charge in [0.05, 0.1) is 11.3 Å². The normalized spacial score (nSPS) is 15.0. The van der Waals surface area contributed by atoms with Crippen LogP contribution in [-0.2, 0) is 7.05 Å². The summed E-state index contributed by atoms with van der Waals surface area (Å²) >= 11 is 0. The maximum atomic E-state index is 13.3. The van der Waals surface area contributed by atoms with Crippen molar-refractivity contribution in [2.75, 3.05) is 38.1 Å². The van der Waals surface area contributed by atoms with Crippen LogP contribution >= 0.6 is 0 Å². The molecule has 2 aromatic heterocycles. The van der Waals surface area contributed by atoms with Crippen molar-refractivity contribution < 1.29 is 13.5 Å². The first-order valence-electron chi connectivity index (χ1n) is 12.3. The van der Waals surface area contributed by atoms with Gasteiger partial charge in [-0.15, -0.1) is 0 Å². The Bertz CT molecular complexity index is 1210. The fourth-order valence-electron chi connectivity index (χ4n) is 4.87. The molecule has 1 aliphatic heterocycles. The van der Waals surface area contributed by atoms with Gasteiger partial charge in [-0.1, -0.05) is 26.7 Å². The molecule has 0 bridgehead atoms. The first-order valence-corrected chi connectivity index (χ1v) is 12.3. The Hall–Kier alpha value is -3.01. The van der Waals surface area contributed by atoms with E-state index < -0.39 is 6.61 Å². The lowest BCUT2D eigenvalue weighted by Gasteiger charge is -2.34. The largest absolute Gasteiger partial charge is 0.434 e. The number of ether oxygens (including phenoxy) is 1. The number of piperazine rings is 1. The number of benzene rings is 1. The van der Waals surface area contributed by atoms with Crippen LogP contribution in [0.25, 0.3) is 22.4 Å². The van der Waals surface area contributed by atoms with Crippen LogP contribution < -0.4 is 15.2 Å². The topological polar surface area (TPSA) is 79.3 Å². The summed E-state index contributed by atoms with van der Waals surface area (Å²) in [5.41, 5.74) is 1.97. The van der Waals surface area contributed by atoms with Crippen LogP contribution in [0.5, 0.6) is 5.75 Å². The maximum absolute atomic E-state index is 13.3. The van der Waals surface area contributed by atoms with Crippen molar-refractivity contribution in [1.82, 2.24) is 24.6 Å². The molecule has 1 saturated heterocycles. The van der Waals surface area contributed by atoms with E-state index in [-0.39, 0.29) is 23.1 Å². The molecule has 35 heavy (non-hydrogen) atoms. The summed E-state index contributed by atoms with van der Waals surface area (Å²) in [6, 6.07) is 5.14.